The molecule has 3 aromatic carbocycles. The van der Waals surface area contributed by atoms with Crippen molar-refractivity contribution in [3.8, 4) is 16.9 Å². The molecular formula is C26H22F3N3O. The van der Waals surface area contributed by atoms with Crippen molar-refractivity contribution >= 4 is 5.91 Å². The fourth-order valence-electron chi connectivity index (χ4n) is 3.71. The number of benzene rings is 3. The van der Waals surface area contributed by atoms with Gasteiger partial charge >= 0.3 is 6.18 Å². The van der Waals surface area contributed by atoms with E-state index in [1.165, 1.54) is 17.0 Å². The Hall–Kier alpha value is -3.87. The fraction of sp³-hybridized carbons (Fsp3) is 0.154. The summed E-state index contributed by atoms with van der Waals surface area (Å²) in [6.45, 7) is 2.01. The number of carbonyl (C=O) groups excluding carboxylic acids is 1. The minimum absolute atomic E-state index is 0.168. The molecule has 0 saturated heterocycles. The van der Waals surface area contributed by atoms with Crippen LogP contribution in [0, 0.1) is 6.92 Å². The highest BCUT2D eigenvalue weighted by molar-refractivity contribution is 6.01. The maximum atomic E-state index is 13.5. The lowest BCUT2D eigenvalue weighted by Gasteiger charge is -2.18. The van der Waals surface area contributed by atoms with Gasteiger partial charge < -0.3 is 4.90 Å². The normalized spacial score (nSPS) is 11.4. The maximum Gasteiger partial charge on any atom is 0.416 e. The first-order valence-electron chi connectivity index (χ1n) is 10.4. The number of hydrogen-bond donors (Lipinski definition) is 0. The molecule has 0 atom stereocenters. The summed E-state index contributed by atoms with van der Waals surface area (Å²) in [6.07, 6.45) is -4.39. The smallest absolute Gasteiger partial charge is 0.337 e. The molecule has 0 bridgehead atoms. The van der Waals surface area contributed by atoms with Crippen LogP contribution in [0.3, 0.4) is 0 Å². The molecule has 0 N–H and O–H groups in total. The lowest BCUT2D eigenvalue weighted by Crippen LogP contribution is -2.27. The predicted molar refractivity (Wildman–Crippen MR) is 121 cm³/mol. The molecule has 0 spiro atoms. The molecule has 4 aromatic rings. The Morgan fingerprint density at radius 3 is 2.06 bits per heavy atom. The van der Waals surface area contributed by atoms with E-state index in [4.69, 9.17) is 5.10 Å². The molecule has 33 heavy (non-hydrogen) atoms. The van der Waals surface area contributed by atoms with Gasteiger partial charge in [0.2, 0.25) is 0 Å². The van der Waals surface area contributed by atoms with Crippen LogP contribution in [0.15, 0.2) is 84.9 Å². The first kappa shape index (κ1) is 22.3. The van der Waals surface area contributed by atoms with Gasteiger partial charge in [0.25, 0.3) is 5.91 Å². The van der Waals surface area contributed by atoms with Gasteiger partial charge in [-0.15, -0.1) is 0 Å². The molecule has 0 aliphatic carbocycles. The van der Waals surface area contributed by atoms with Gasteiger partial charge in [0.15, 0.2) is 0 Å². The molecule has 0 radical (unpaired) electrons. The summed E-state index contributed by atoms with van der Waals surface area (Å²) in [5.41, 5.74) is 3.22. The van der Waals surface area contributed by atoms with Crippen LogP contribution in [0.2, 0.25) is 0 Å². The second-order valence-corrected chi connectivity index (χ2v) is 7.78. The van der Waals surface area contributed by atoms with E-state index in [0.29, 0.717) is 22.5 Å². The summed E-state index contributed by atoms with van der Waals surface area (Å²) in [5, 5.41) is 4.74. The zero-order chi connectivity index (χ0) is 23.6. The number of amides is 1. The minimum atomic E-state index is -4.39. The number of alkyl halides is 3. The molecule has 0 fully saturated rings. The average Bonchev–Trinajstić information content (AvgIpc) is 3.16. The second kappa shape index (κ2) is 8.94. The summed E-state index contributed by atoms with van der Waals surface area (Å²) in [7, 11) is 1.63. The summed E-state index contributed by atoms with van der Waals surface area (Å²) < 4.78 is 40.3. The van der Waals surface area contributed by atoms with Crippen molar-refractivity contribution < 1.29 is 18.0 Å². The topological polar surface area (TPSA) is 38.1 Å². The van der Waals surface area contributed by atoms with Crippen LogP contribution in [0.1, 0.15) is 27.2 Å². The number of aromatic nitrogens is 2. The van der Waals surface area contributed by atoms with Crippen molar-refractivity contribution in [3.05, 3.63) is 107 Å². The summed E-state index contributed by atoms with van der Waals surface area (Å²) >= 11 is 0. The number of nitrogens with zero attached hydrogens (tertiary/aromatic N) is 3. The first-order valence-corrected chi connectivity index (χ1v) is 10.4. The highest BCUT2D eigenvalue weighted by Gasteiger charge is 2.30. The molecule has 4 nitrogen and oxygen atoms in total. The molecule has 0 aliphatic heterocycles. The third-order valence-electron chi connectivity index (χ3n) is 5.43. The summed E-state index contributed by atoms with van der Waals surface area (Å²) in [5.74, 6) is -0.256. The van der Waals surface area contributed by atoms with Gasteiger partial charge in [-0.05, 0) is 36.8 Å². The summed E-state index contributed by atoms with van der Waals surface area (Å²) in [4.78, 5) is 15.0. The van der Waals surface area contributed by atoms with Crippen LogP contribution in [0.25, 0.3) is 16.9 Å². The van der Waals surface area contributed by atoms with Crippen molar-refractivity contribution in [2.75, 3.05) is 7.05 Å². The van der Waals surface area contributed by atoms with Gasteiger partial charge in [0, 0.05) is 19.2 Å². The predicted octanol–water partition coefficient (Wildman–Crippen LogP) is 6.14. The quantitative estimate of drug-likeness (QED) is 0.367. The van der Waals surface area contributed by atoms with Gasteiger partial charge in [-0.1, -0.05) is 60.7 Å². The van der Waals surface area contributed by atoms with Crippen molar-refractivity contribution in [1.29, 1.82) is 0 Å². The Morgan fingerprint density at radius 2 is 1.48 bits per heavy atom. The van der Waals surface area contributed by atoms with Crippen molar-refractivity contribution in [1.82, 2.24) is 14.7 Å². The zero-order valence-corrected chi connectivity index (χ0v) is 18.2. The lowest BCUT2D eigenvalue weighted by molar-refractivity contribution is -0.137. The Morgan fingerprint density at radius 1 is 0.909 bits per heavy atom. The standard InChI is InChI=1S/C26H22F3N3O/c1-18-23(25(33)31(2)17-19-13-15-21(16-14-19)26(27,28)29)24(20-9-5-3-6-10-20)30-32(18)22-11-7-4-8-12-22/h3-16H,17H2,1-2H3. The monoisotopic (exact) mass is 449 g/mol. The van der Waals surface area contributed by atoms with Crippen LogP contribution in [-0.2, 0) is 12.7 Å². The Kier molecular flexibility index (Phi) is 6.05. The van der Waals surface area contributed by atoms with Gasteiger partial charge in [-0.2, -0.15) is 18.3 Å². The van der Waals surface area contributed by atoms with Crippen molar-refractivity contribution in [2.45, 2.75) is 19.6 Å². The van der Waals surface area contributed by atoms with E-state index in [2.05, 4.69) is 0 Å². The molecule has 0 saturated carbocycles. The molecule has 0 aliphatic rings. The molecular weight excluding hydrogens is 427 g/mol. The molecule has 4 rings (SSSR count). The Bertz CT molecular complexity index is 1250. The van der Waals surface area contributed by atoms with Crippen LogP contribution in [0.5, 0.6) is 0 Å². The minimum Gasteiger partial charge on any atom is -0.337 e. The highest BCUT2D eigenvalue weighted by atomic mass is 19.4. The number of carbonyl (C=O) groups is 1. The van der Waals surface area contributed by atoms with E-state index in [0.717, 1.165) is 23.4 Å². The molecule has 168 valence electrons. The number of rotatable bonds is 5. The molecule has 1 amide bonds. The highest BCUT2D eigenvalue weighted by Crippen LogP contribution is 2.30. The van der Waals surface area contributed by atoms with Gasteiger partial charge in [0.1, 0.15) is 5.69 Å². The SMILES string of the molecule is Cc1c(C(=O)N(C)Cc2ccc(C(F)(F)F)cc2)c(-c2ccccc2)nn1-c1ccccc1. The second-order valence-electron chi connectivity index (χ2n) is 7.78. The van der Waals surface area contributed by atoms with E-state index in [-0.39, 0.29) is 12.5 Å². The van der Waals surface area contributed by atoms with Crippen LogP contribution in [-0.4, -0.2) is 27.6 Å². The first-order chi connectivity index (χ1) is 15.8. The number of para-hydroxylation sites is 1. The van der Waals surface area contributed by atoms with Gasteiger partial charge in [0.05, 0.1) is 22.5 Å². The number of halogens is 3. The summed E-state index contributed by atoms with van der Waals surface area (Å²) in [6, 6.07) is 23.8. The maximum absolute atomic E-state index is 13.5. The van der Waals surface area contributed by atoms with Crippen LogP contribution < -0.4 is 0 Å². The van der Waals surface area contributed by atoms with E-state index in [1.807, 2.05) is 67.6 Å². The third-order valence-corrected chi connectivity index (χ3v) is 5.43. The van der Waals surface area contributed by atoms with Crippen LogP contribution in [0.4, 0.5) is 13.2 Å². The molecule has 7 heteroatoms. The fourth-order valence-corrected chi connectivity index (χ4v) is 3.71. The van der Waals surface area contributed by atoms with Gasteiger partial charge in [-0.3, -0.25) is 4.79 Å². The van der Waals surface area contributed by atoms with E-state index in [1.54, 1.807) is 11.7 Å². The molecule has 1 aromatic heterocycles. The number of hydrogen-bond acceptors (Lipinski definition) is 2. The van der Waals surface area contributed by atoms with E-state index >= 15 is 0 Å². The zero-order valence-electron chi connectivity index (χ0n) is 18.2. The molecule has 0 unspecified atom stereocenters. The van der Waals surface area contributed by atoms with Gasteiger partial charge in [-0.25, -0.2) is 4.68 Å². The Balaban J connectivity index is 1.69. The lowest BCUT2D eigenvalue weighted by atomic mass is 10.0. The van der Waals surface area contributed by atoms with E-state index < -0.39 is 11.7 Å². The molecule has 1 heterocycles. The average molecular weight is 449 g/mol. The van der Waals surface area contributed by atoms with Crippen molar-refractivity contribution in [3.63, 3.8) is 0 Å². The van der Waals surface area contributed by atoms with Crippen LogP contribution >= 0.6 is 0 Å². The third kappa shape index (κ3) is 4.67. The van der Waals surface area contributed by atoms with E-state index in [9.17, 15) is 18.0 Å². The Labute approximate surface area is 189 Å². The van der Waals surface area contributed by atoms with Crippen molar-refractivity contribution in [2.24, 2.45) is 0 Å². The largest absolute Gasteiger partial charge is 0.416 e.